The molecule has 0 aromatic carbocycles. The topological polar surface area (TPSA) is 87.5 Å². The van der Waals surface area contributed by atoms with E-state index in [1.54, 1.807) is 11.0 Å². The monoisotopic (exact) mass is 437 g/mol. The SMILES string of the molecule is Cc1cc(CN2CCN(C(=O)/C(C#N)=C/c3cc(C)n(CC4CCCO4)c3C)CC2)on1. The number of hydrogen-bond donors (Lipinski definition) is 0. The summed E-state index contributed by atoms with van der Waals surface area (Å²) < 4.78 is 13.3. The van der Waals surface area contributed by atoms with Gasteiger partial charge in [0.1, 0.15) is 11.6 Å². The first-order valence-corrected chi connectivity index (χ1v) is 11.3. The lowest BCUT2D eigenvalue weighted by atomic mass is 10.1. The second kappa shape index (κ2) is 9.72. The number of nitriles is 1. The van der Waals surface area contributed by atoms with Gasteiger partial charge < -0.3 is 18.7 Å². The number of hydrogen-bond acceptors (Lipinski definition) is 6. The Morgan fingerprint density at radius 3 is 2.66 bits per heavy atom. The zero-order valence-electron chi connectivity index (χ0n) is 19.1. The molecule has 2 aliphatic rings. The van der Waals surface area contributed by atoms with Gasteiger partial charge >= 0.3 is 0 Å². The van der Waals surface area contributed by atoms with Crippen LogP contribution in [0.15, 0.2) is 22.2 Å². The normalized spacial score (nSPS) is 20.0. The van der Waals surface area contributed by atoms with Crippen molar-refractivity contribution in [2.45, 2.75) is 52.8 Å². The highest BCUT2D eigenvalue weighted by Crippen LogP contribution is 2.23. The van der Waals surface area contributed by atoms with Crippen LogP contribution in [0.25, 0.3) is 6.08 Å². The van der Waals surface area contributed by atoms with Gasteiger partial charge in [-0.3, -0.25) is 9.69 Å². The Balaban J connectivity index is 1.40. The molecule has 32 heavy (non-hydrogen) atoms. The van der Waals surface area contributed by atoms with Crippen molar-refractivity contribution in [3.8, 4) is 6.07 Å². The van der Waals surface area contributed by atoms with Crippen molar-refractivity contribution in [1.82, 2.24) is 19.5 Å². The van der Waals surface area contributed by atoms with E-state index in [4.69, 9.17) is 9.26 Å². The summed E-state index contributed by atoms with van der Waals surface area (Å²) in [7, 11) is 0. The average Bonchev–Trinajstić information content (AvgIpc) is 3.51. The van der Waals surface area contributed by atoms with E-state index in [1.165, 1.54) is 0 Å². The van der Waals surface area contributed by atoms with Crippen molar-refractivity contribution in [2.24, 2.45) is 0 Å². The van der Waals surface area contributed by atoms with Crippen LogP contribution in [-0.2, 0) is 22.6 Å². The molecule has 1 atom stereocenters. The van der Waals surface area contributed by atoms with E-state index in [9.17, 15) is 10.1 Å². The molecule has 1 unspecified atom stereocenters. The molecule has 0 aliphatic carbocycles. The third-order valence-electron chi connectivity index (χ3n) is 6.39. The number of nitrogens with zero attached hydrogens (tertiary/aromatic N) is 5. The lowest BCUT2D eigenvalue weighted by Crippen LogP contribution is -2.48. The number of aryl methyl sites for hydroxylation is 2. The van der Waals surface area contributed by atoms with E-state index < -0.39 is 0 Å². The number of ether oxygens (including phenoxy) is 1. The van der Waals surface area contributed by atoms with Crippen molar-refractivity contribution in [2.75, 3.05) is 32.8 Å². The fourth-order valence-electron chi connectivity index (χ4n) is 4.53. The van der Waals surface area contributed by atoms with Crippen molar-refractivity contribution in [3.63, 3.8) is 0 Å². The first-order valence-electron chi connectivity index (χ1n) is 11.3. The van der Waals surface area contributed by atoms with Crippen LogP contribution in [0.5, 0.6) is 0 Å². The van der Waals surface area contributed by atoms with E-state index in [0.29, 0.717) is 19.6 Å². The molecule has 1 amide bonds. The number of rotatable bonds is 6. The fourth-order valence-corrected chi connectivity index (χ4v) is 4.53. The zero-order chi connectivity index (χ0) is 22.7. The Morgan fingerprint density at radius 2 is 2.03 bits per heavy atom. The van der Waals surface area contributed by atoms with Crippen molar-refractivity contribution < 1.29 is 14.1 Å². The maximum absolute atomic E-state index is 13.0. The van der Waals surface area contributed by atoms with E-state index >= 15 is 0 Å². The van der Waals surface area contributed by atoms with Crippen LogP contribution >= 0.6 is 0 Å². The Bertz CT molecular complexity index is 1030. The van der Waals surface area contributed by atoms with Crippen LogP contribution in [0, 0.1) is 32.1 Å². The maximum atomic E-state index is 13.0. The average molecular weight is 438 g/mol. The van der Waals surface area contributed by atoms with Gasteiger partial charge in [-0.05, 0) is 51.3 Å². The molecule has 2 aromatic rings. The Hall–Kier alpha value is -2.89. The Morgan fingerprint density at radius 1 is 1.25 bits per heavy atom. The molecule has 0 radical (unpaired) electrons. The van der Waals surface area contributed by atoms with E-state index in [0.717, 1.165) is 67.5 Å². The molecule has 2 aromatic heterocycles. The minimum atomic E-state index is -0.202. The molecule has 0 spiro atoms. The second-order valence-corrected chi connectivity index (χ2v) is 8.74. The van der Waals surface area contributed by atoms with Crippen LogP contribution in [0.4, 0.5) is 0 Å². The maximum Gasteiger partial charge on any atom is 0.264 e. The summed E-state index contributed by atoms with van der Waals surface area (Å²) in [5.41, 5.74) is 4.15. The van der Waals surface area contributed by atoms with Gasteiger partial charge in [0.25, 0.3) is 5.91 Å². The summed E-state index contributed by atoms with van der Waals surface area (Å²) in [5.74, 6) is 0.629. The molecule has 0 bridgehead atoms. The number of carbonyl (C=O) groups is 1. The number of carbonyl (C=O) groups excluding carboxylic acids is 1. The molecule has 0 saturated carbocycles. The van der Waals surface area contributed by atoms with Crippen LogP contribution in [0.3, 0.4) is 0 Å². The highest BCUT2D eigenvalue weighted by Gasteiger charge is 2.25. The standard InChI is InChI=1S/C24H31N5O3/c1-17-11-23(32-26-17)15-27-6-8-28(9-7-27)24(30)21(14-25)13-20-12-18(2)29(19(20)3)16-22-5-4-10-31-22/h11-13,22H,4-10,15-16H2,1-3H3/b21-13+. The Kier molecular flexibility index (Phi) is 6.77. The first-order chi connectivity index (χ1) is 15.4. The van der Waals surface area contributed by atoms with Crippen LogP contribution in [-0.4, -0.2) is 64.3 Å². The first kappa shape index (κ1) is 22.3. The summed E-state index contributed by atoms with van der Waals surface area (Å²) in [5, 5.41) is 13.6. The van der Waals surface area contributed by atoms with Crippen molar-refractivity contribution >= 4 is 12.0 Å². The summed E-state index contributed by atoms with van der Waals surface area (Å²) in [4.78, 5) is 17.0. The van der Waals surface area contributed by atoms with Gasteiger partial charge in [0, 0.05) is 56.8 Å². The largest absolute Gasteiger partial charge is 0.376 e. The molecule has 2 fully saturated rings. The molecule has 2 saturated heterocycles. The zero-order valence-corrected chi connectivity index (χ0v) is 19.1. The summed E-state index contributed by atoms with van der Waals surface area (Å²) in [6.45, 7) is 11.0. The van der Waals surface area contributed by atoms with Gasteiger partial charge in [0.05, 0.1) is 18.3 Å². The summed E-state index contributed by atoms with van der Waals surface area (Å²) in [6.07, 6.45) is 4.16. The molecule has 4 heterocycles. The lowest BCUT2D eigenvalue weighted by Gasteiger charge is -2.34. The predicted octanol–water partition coefficient (Wildman–Crippen LogP) is 2.83. The quantitative estimate of drug-likeness (QED) is 0.510. The third kappa shape index (κ3) is 4.95. The van der Waals surface area contributed by atoms with Gasteiger partial charge in [-0.25, -0.2) is 0 Å². The molecular formula is C24H31N5O3. The van der Waals surface area contributed by atoms with Gasteiger partial charge in [-0.15, -0.1) is 0 Å². The minimum Gasteiger partial charge on any atom is -0.376 e. The van der Waals surface area contributed by atoms with Crippen molar-refractivity contribution in [3.05, 3.63) is 46.1 Å². The smallest absolute Gasteiger partial charge is 0.264 e. The predicted molar refractivity (Wildman–Crippen MR) is 120 cm³/mol. The highest BCUT2D eigenvalue weighted by atomic mass is 16.5. The minimum absolute atomic E-state index is 0.182. The van der Waals surface area contributed by atoms with Crippen LogP contribution in [0.1, 0.15) is 41.2 Å². The molecular weight excluding hydrogens is 406 g/mol. The molecule has 8 heteroatoms. The third-order valence-corrected chi connectivity index (χ3v) is 6.39. The van der Waals surface area contributed by atoms with Gasteiger partial charge in [-0.2, -0.15) is 5.26 Å². The van der Waals surface area contributed by atoms with Gasteiger partial charge in [-0.1, -0.05) is 5.16 Å². The number of amides is 1. The van der Waals surface area contributed by atoms with Gasteiger partial charge in [0.2, 0.25) is 0 Å². The molecule has 170 valence electrons. The number of aromatic nitrogens is 2. The Labute approximate surface area is 189 Å². The van der Waals surface area contributed by atoms with Gasteiger partial charge in [0.15, 0.2) is 5.76 Å². The lowest BCUT2D eigenvalue weighted by molar-refractivity contribution is -0.128. The molecule has 8 nitrogen and oxygen atoms in total. The highest BCUT2D eigenvalue weighted by molar-refractivity contribution is 6.01. The van der Waals surface area contributed by atoms with E-state index in [-0.39, 0.29) is 17.6 Å². The molecule has 4 rings (SSSR count). The molecule has 2 aliphatic heterocycles. The second-order valence-electron chi connectivity index (χ2n) is 8.74. The van der Waals surface area contributed by atoms with E-state index in [1.807, 2.05) is 26.0 Å². The van der Waals surface area contributed by atoms with Crippen molar-refractivity contribution in [1.29, 1.82) is 5.26 Å². The fraction of sp³-hybridized carbons (Fsp3) is 0.542. The van der Waals surface area contributed by atoms with E-state index in [2.05, 4.69) is 27.6 Å². The summed E-state index contributed by atoms with van der Waals surface area (Å²) >= 11 is 0. The summed E-state index contributed by atoms with van der Waals surface area (Å²) in [6, 6.07) is 6.11. The molecule has 0 N–H and O–H groups in total. The van der Waals surface area contributed by atoms with Crippen LogP contribution < -0.4 is 0 Å². The van der Waals surface area contributed by atoms with Crippen LogP contribution in [0.2, 0.25) is 0 Å². The number of piperazine rings is 1.